The molecule has 1 aliphatic rings. The van der Waals surface area contributed by atoms with Gasteiger partial charge < -0.3 is 15.0 Å². The van der Waals surface area contributed by atoms with Crippen LogP contribution in [0.5, 0.6) is 0 Å². The predicted molar refractivity (Wildman–Crippen MR) is 100 cm³/mol. The van der Waals surface area contributed by atoms with Crippen molar-refractivity contribution in [2.45, 2.75) is 12.5 Å². The second-order valence-corrected chi connectivity index (χ2v) is 6.52. The molecule has 1 atom stereocenters. The molecular formula is C20H21ClN2O3. The standard InChI is InChI=1S/C20H21ClN2O3/c21-17-9-5-4-8-16(17)20(25)22-18(15-6-2-1-3-7-15)14-19(24)23-10-12-26-13-11-23/h1-9,18H,10-14H2,(H,22,25). The Morgan fingerprint density at radius 2 is 1.69 bits per heavy atom. The summed E-state index contributed by atoms with van der Waals surface area (Å²) >= 11 is 6.13. The number of carbonyl (C=O) groups excluding carboxylic acids is 2. The van der Waals surface area contributed by atoms with Crippen molar-refractivity contribution in [3.05, 3.63) is 70.7 Å². The normalized spacial score (nSPS) is 15.3. The van der Waals surface area contributed by atoms with E-state index in [1.807, 2.05) is 30.3 Å². The van der Waals surface area contributed by atoms with Crippen LogP contribution in [0.1, 0.15) is 28.4 Å². The van der Waals surface area contributed by atoms with Crippen LogP contribution in [0.4, 0.5) is 0 Å². The van der Waals surface area contributed by atoms with Gasteiger partial charge in [0.2, 0.25) is 5.91 Å². The van der Waals surface area contributed by atoms with Gasteiger partial charge >= 0.3 is 0 Å². The molecule has 2 aromatic carbocycles. The zero-order valence-corrected chi connectivity index (χ0v) is 15.1. The first-order valence-corrected chi connectivity index (χ1v) is 8.99. The molecule has 0 aromatic heterocycles. The first-order chi connectivity index (χ1) is 12.6. The van der Waals surface area contributed by atoms with E-state index in [2.05, 4.69) is 5.32 Å². The summed E-state index contributed by atoms with van der Waals surface area (Å²) in [5.41, 5.74) is 1.28. The maximum Gasteiger partial charge on any atom is 0.253 e. The van der Waals surface area contributed by atoms with Gasteiger partial charge in [0.15, 0.2) is 0 Å². The van der Waals surface area contributed by atoms with Gasteiger partial charge in [0.25, 0.3) is 5.91 Å². The Labute approximate surface area is 157 Å². The molecule has 5 nitrogen and oxygen atoms in total. The number of morpholine rings is 1. The number of hydrogen-bond donors (Lipinski definition) is 1. The minimum absolute atomic E-state index is 0.00149. The largest absolute Gasteiger partial charge is 0.378 e. The van der Waals surface area contributed by atoms with Crippen LogP contribution < -0.4 is 5.32 Å². The molecule has 1 saturated heterocycles. The highest BCUT2D eigenvalue weighted by molar-refractivity contribution is 6.33. The molecule has 3 rings (SSSR count). The predicted octanol–water partition coefficient (Wildman–Crippen LogP) is 3.06. The minimum atomic E-state index is -0.421. The zero-order chi connectivity index (χ0) is 18.4. The van der Waals surface area contributed by atoms with Gasteiger partial charge in [-0.2, -0.15) is 0 Å². The third kappa shape index (κ3) is 4.62. The molecule has 0 radical (unpaired) electrons. The molecule has 0 aliphatic carbocycles. The van der Waals surface area contributed by atoms with Crippen molar-refractivity contribution in [1.29, 1.82) is 0 Å². The summed E-state index contributed by atoms with van der Waals surface area (Å²) in [7, 11) is 0. The van der Waals surface area contributed by atoms with Crippen LogP contribution >= 0.6 is 11.6 Å². The Morgan fingerprint density at radius 1 is 1.04 bits per heavy atom. The Morgan fingerprint density at radius 3 is 2.38 bits per heavy atom. The van der Waals surface area contributed by atoms with Crippen LogP contribution in [-0.2, 0) is 9.53 Å². The number of halogens is 1. The van der Waals surface area contributed by atoms with Gasteiger partial charge in [-0.15, -0.1) is 0 Å². The molecule has 1 unspecified atom stereocenters. The van der Waals surface area contributed by atoms with Crippen LogP contribution in [-0.4, -0.2) is 43.0 Å². The molecule has 1 N–H and O–H groups in total. The van der Waals surface area contributed by atoms with E-state index >= 15 is 0 Å². The van der Waals surface area contributed by atoms with E-state index in [1.165, 1.54) is 0 Å². The monoisotopic (exact) mass is 372 g/mol. The summed E-state index contributed by atoms with van der Waals surface area (Å²) in [5, 5.41) is 3.34. The average molecular weight is 373 g/mol. The number of amides is 2. The van der Waals surface area contributed by atoms with E-state index in [4.69, 9.17) is 16.3 Å². The van der Waals surface area contributed by atoms with Gasteiger partial charge in [0, 0.05) is 13.1 Å². The van der Waals surface area contributed by atoms with Crippen LogP contribution in [0, 0.1) is 0 Å². The lowest BCUT2D eigenvalue weighted by atomic mass is 10.0. The molecule has 1 aliphatic heterocycles. The lowest BCUT2D eigenvalue weighted by Crippen LogP contribution is -2.42. The van der Waals surface area contributed by atoms with Crippen molar-refractivity contribution in [2.75, 3.05) is 26.3 Å². The number of nitrogens with one attached hydrogen (secondary N) is 1. The highest BCUT2D eigenvalue weighted by Crippen LogP contribution is 2.21. The fraction of sp³-hybridized carbons (Fsp3) is 0.300. The third-order valence-electron chi connectivity index (χ3n) is 4.37. The summed E-state index contributed by atoms with van der Waals surface area (Å²) in [6, 6.07) is 16.0. The number of rotatable bonds is 5. The molecular weight excluding hydrogens is 352 g/mol. The number of ether oxygens (including phenoxy) is 1. The van der Waals surface area contributed by atoms with Crippen molar-refractivity contribution >= 4 is 23.4 Å². The molecule has 6 heteroatoms. The van der Waals surface area contributed by atoms with Crippen LogP contribution in [0.15, 0.2) is 54.6 Å². The SMILES string of the molecule is O=C(NC(CC(=O)N1CCOCC1)c1ccccc1)c1ccccc1Cl. The second-order valence-electron chi connectivity index (χ2n) is 6.11. The van der Waals surface area contributed by atoms with Gasteiger partial charge in [0.05, 0.1) is 36.3 Å². The maximum absolute atomic E-state index is 12.7. The van der Waals surface area contributed by atoms with Gasteiger partial charge in [-0.05, 0) is 17.7 Å². The fourth-order valence-electron chi connectivity index (χ4n) is 2.94. The van der Waals surface area contributed by atoms with Crippen LogP contribution in [0.3, 0.4) is 0 Å². The second kappa shape index (κ2) is 8.83. The summed E-state index contributed by atoms with van der Waals surface area (Å²) in [5.74, 6) is -0.291. The first kappa shape index (κ1) is 18.4. The summed E-state index contributed by atoms with van der Waals surface area (Å²) in [6.07, 6.45) is 0.195. The van der Waals surface area contributed by atoms with Crippen LogP contribution in [0.2, 0.25) is 5.02 Å². The van der Waals surface area contributed by atoms with Crippen LogP contribution in [0.25, 0.3) is 0 Å². The van der Waals surface area contributed by atoms with Gasteiger partial charge in [-0.1, -0.05) is 54.1 Å². The molecule has 0 saturated carbocycles. The van der Waals surface area contributed by atoms with E-state index < -0.39 is 6.04 Å². The van der Waals surface area contributed by atoms with Crippen molar-refractivity contribution in [1.82, 2.24) is 10.2 Å². The lowest BCUT2D eigenvalue weighted by Gasteiger charge is -2.29. The topological polar surface area (TPSA) is 58.6 Å². The fourth-order valence-corrected chi connectivity index (χ4v) is 3.16. The maximum atomic E-state index is 12.7. The summed E-state index contributed by atoms with van der Waals surface area (Å²) < 4.78 is 5.30. The average Bonchev–Trinajstić information content (AvgIpc) is 2.69. The Bertz CT molecular complexity index is 761. The number of benzene rings is 2. The molecule has 26 heavy (non-hydrogen) atoms. The molecule has 2 aromatic rings. The number of nitrogens with zero attached hydrogens (tertiary/aromatic N) is 1. The summed E-state index contributed by atoms with van der Waals surface area (Å²) in [4.78, 5) is 27.1. The Balaban J connectivity index is 1.76. The quantitative estimate of drug-likeness (QED) is 0.877. The van der Waals surface area contributed by atoms with Crippen molar-refractivity contribution in [2.24, 2.45) is 0 Å². The van der Waals surface area contributed by atoms with Crippen molar-refractivity contribution in [3.63, 3.8) is 0 Å². The Kier molecular flexibility index (Phi) is 6.26. The highest BCUT2D eigenvalue weighted by atomic mass is 35.5. The van der Waals surface area contributed by atoms with E-state index in [0.29, 0.717) is 36.9 Å². The first-order valence-electron chi connectivity index (χ1n) is 8.61. The molecule has 1 fully saturated rings. The highest BCUT2D eigenvalue weighted by Gasteiger charge is 2.24. The van der Waals surface area contributed by atoms with E-state index in [1.54, 1.807) is 29.2 Å². The van der Waals surface area contributed by atoms with Gasteiger partial charge in [0.1, 0.15) is 0 Å². The van der Waals surface area contributed by atoms with E-state index in [9.17, 15) is 9.59 Å². The molecule has 136 valence electrons. The molecule has 0 bridgehead atoms. The molecule has 2 amide bonds. The summed E-state index contributed by atoms with van der Waals surface area (Å²) in [6.45, 7) is 2.26. The minimum Gasteiger partial charge on any atom is -0.378 e. The number of hydrogen-bond acceptors (Lipinski definition) is 3. The van der Waals surface area contributed by atoms with Crippen molar-refractivity contribution < 1.29 is 14.3 Å². The van der Waals surface area contributed by atoms with Gasteiger partial charge in [-0.3, -0.25) is 9.59 Å². The lowest BCUT2D eigenvalue weighted by molar-refractivity contribution is -0.135. The third-order valence-corrected chi connectivity index (χ3v) is 4.70. The van der Waals surface area contributed by atoms with Gasteiger partial charge in [-0.25, -0.2) is 0 Å². The van der Waals surface area contributed by atoms with Crippen molar-refractivity contribution in [3.8, 4) is 0 Å². The smallest absolute Gasteiger partial charge is 0.253 e. The molecule has 1 heterocycles. The van der Waals surface area contributed by atoms with E-state index in [-0.39, 0.29) is 18.2 Å². The Hall–Kier alpha value is -2.37. The molecule has 0 spiro atoms. The number of carbonyl (C=O) groups is 2. The van der Waals surface area contributed by atoms with E-state index in [0.717, 1.165) is 5.56 Å². The zero-order valence-electron chi connectivity index (χ0n) is 14.4.